The van der Waals surface area contributed by atoms with E-state index in [-0.39, 0.29) is 6.03 Å². The van der Waals surface area contributed by atoms with Crippen LogP contribution in [0.4, 0.5) is 16.2 Å². The summed E-state index contributed by atoms with van der Waals surface area (Å²) in [4.78, 5) is 20.1. The number of nitrogens with zero attached hydrogens (tertiary/aromatic N) is 3. The van der Waals surface area contributed by atoms with Gasteiger partial charge in [-0.15, -0.1) is 0 Å². The maximum Gasteiger partial charge on any atom is 0.327 e. The fourth-order valence-corrected chi connectivity index (χ4v) is 2.56. The highest BCUT2D eigenvalue weighted by atomic mass is 35.5. The third-order valence-corrected chi connectivity index (χ3v) is 3.74. The van der Waals surface area contributed by atoms with Crippen molar-refractivity contribution in [2.24, 2.45) is 4.99 Å². The topological polar surface area (TPSA) is 57.2 Å². The molecule has 116 valence electrons. The van der Waals surface area contributed by atoms with E-state index >= 15 is 0 Å². The van der Waals surface area contributed by atoms with Crippen molar-refractivity contribution in [3.05, 3.63) is 35.5 Å². The van der Waals surface area contributed by atoms with Gasteiger partial charge in [-0.25, -0.2) is 4.79 Å². The summed E-state index contributed by atoms with van der Waals surface area (Å²) in [6.07, 6.45) is 5.09. The van der Waals surface area contributed by atoms with E-state index in [1.54, 1.807) is 24.6 Å². The molecule has 3 rings (SSSR count). The summed E-state index contributed by atoms with van der Waals surface area (Å²) in [6.45, 7) is 3.26. The smallest absolute Gasteiger partial charge is 0.327 e. The molecule has 0 bridgehead atoms. The third-order valence-electron chi connectivity index (χ3n) is 3.50. The molecule has 2 heterocycles. The van der Waals surface area contributed by atoms with Gasteiger partial charge in [-0.1, -0.05) is 11.6 Å². The molecule has 0 spiro atoms. The van der Waals surface area contributed by atoms with E-state index in [2.05, 4.69) is 15.2 Å². The maximum atomic E-state index is 12.3. The molecular weight excluding hydrogens is 304 g/mol. The number of allylic oxidation sites excluding steroid dienone is 1. The molecule has 1 fully saturated rings. The van der Waals surface area contributed by atoms with Crippen LogP contribution in [0.2, 0.25) is 5.02 Å². The first kappa shape index (κ1) is 14.9. The van der Waals surface area contributed by atoms with Crippen molar-refractivity contribution in [2.45, 2.75) is 0 Å². The van der Waals surface area contributed by atoms with E-state index in [0.29, 0.717) is 30.6 Å². The number of carbonyl (C=O) groups is 1. The van der Waals surface area contributed by atoms with Gasteiger partial charge in [0.2, 0.25) is 0 Å². The van der Waals surface area contributed by atoms with Gasteiger partial charge in [0.1, 0.15) is 6.67 Å². The van der Waals surface area contributed by atoms with E-state index in [9.17, 15) is 4.79 Å². The largest absolute Gasteiger partial charge is 0.378 e. The van der Waals surface area contributed by atoms with Crippen LogP contribution in [0.15, 0.2) is 35.5 Å². The van der Waals surface area contributed by atoms with Crippen LogP contribution >= 0.6 is 11.6 Å². The Balaban J connectivity index is 1.79. The molecule has 0 saturated carbocycles. The molecule has 0 aliphatic carbocycles. The van der Waals surface area contributed by atoms with Crippen LogP contribution in [0.5, 0.6) is 0 Å². The Morgan fingerprint density at radius 1 is 1.32 bits per heavy atom. The molecule has 0 unspecified atom stereocenters. The molecule has 7 heteroatoms. The molecule has 22 heavy (non-hydrogen) atoms. The number of amides is 2. The highest BCUT2D eigenvalue weighted by Crippen LogP contribution is 2.30. The molecule has 2 aliphatic heterocycles. The average molecular weight is 321 g/mol. The number of hydrogen-bond donors (Lipinski definition) is 1. The number of hydrogen-bond acceptors (Lipinski definition) is 4. The number of carbonyl (C=O) groups excluding carboxylic acids is 1. The SMILES string of the molecule is O=C(Nc1cc(Cl)ccc1N1CCOCC1)N1C=CC=NC1. The molecule has 1 N–H and O–H groups in total. The summed E-state index contributed by atoms with van der Waals surface area (Å²) >= 11 is 6.08. The molecule has 0 radical (unpaired) electrons. The van der Waals surface area contributed by atoms with Crippen molar-refractivity contribution < 1.29 is 9.53 Å². The minimum atomic E-state index is -0.232. The number of urea groups is 1. The van der Waals surface area contributed by atoms with Crippen LogP contribution in [0, 0.1) is 0 Å². The van der Waals surface area contributed by atoms with Gasteiger partial charge >= 0.3 is 6.03 Å². The summed E-state index contributed by atoms with van der Waals surface area (Å²) in [5, 5.41) is 3.50. The van der Waals surface area contributed by atoms with Crippen LogP contribution in [0.3, 0.4) is 0 Å². The number of aliphatic imine (C=N–C) groups is 1. The fraction of sp³-hybridized carbons (Fsp3) is 0.333. The van der Waals surface area contributed by atoms with Crippen LogP contribution in [-0.4, -0.2) is 50.1 Å². The first-order valence-electron chi connectivity index (χ1n) is 7.10. The first-order valence-corrected chi connectivity index (χ1v) is 7.48. The molecule has 1 saturated heterocycles. The summed E-state index contributed by atoms with van der Waals surface area (Å²) in [6, 6.07) is 5.28. The van der Waals surface area contributed by atoms with E-state index in [1.807, 2.05) is 12.1 Å². The van der Waals surface area contributed by atoms with Gasteiger partial charge in [0.15, 0.2) is 0 Å². The van der Waals surface area contributed by atoms with E-state index in [0.717, 1.165) is 18.8 Å². The average Bonchev–Trinajstić information content (AvgIpc) is 2.56. The standard InChI is InChI=1S/C15H17ClN4O2/c16-12-2-3-14(19-6-8-22-9-7-19)13(10-12)18-15(21)20-5-1-4-17-11-20/h1-5,10H,6-9,11H2,(H,18,21). The zero-order valence-corrected chi connectivity index (χ0v) is 12.8. The van der Waals surface area contributed by atoms with Gasteiger partial charge < -0.3 is 15.0 Å². The lowest BCUT2D eigenvalue weighted by Gasteiger charge is -2.31. The quantitative estimate of drug-likeness (QED) is 0.911. The number of morpholine rings is 1. The Morgan fingerprint density at radius 3 is 2.86 bits per heavy atom. The molecule has 1 aromatic rings. The van der Waals surface area contributed by atoms with Crippen LogP contribution in [-0.2, 0) is 4.74 Å². The van der Waals surface area contributed by atoms with Gasteiger partial charge in [0.05, 0.1) is 24.6 Å². The number of benzene rings is 1. The number of halogens is 1. The van der Waals surface area contributed by atoms with Gasteiger partial charge in [0, 0.05) is 30.5 Å². The lowest BCUT2D eigenvalue weighted by Crippen LogP contribution is -2.37. The summed E-state index contributed by atoms with van der Waals surface area (Å²) in [5.41, 5.74) is 1.65. The maximum absolute atomic E-state index is 12.3. The van der Waals surface area contributed by atoms with E-state index < -0.39 is 0 Å². The number of anilines is 2. The Hall–Kier alpha value is -2.05. The lowest BCUT2D eigenvalue weighted by atomic mass is 10.2. The predicted molar refractivity (Wildman–Crippen MR) is 87.8 cm³/mol. The van der Waals surface area contributed by atoms with Gasteiger partial charge in [-0.3, -0.25) is 9.89 Å². The van der Waals surface area contributed by atoms with Crippen molar-refractivity contribution in [3.8, 4) is 0 Å². The van der Waals surface area contributed by atoms with Crippen LogP contribution in [0.25, 0.3) is 0 Å². The van der Waals surface area contributed by atoms with Crippen molar-refractivity contribution in [3.63, 3.8) is 0 Å². The highest BCUT2D eigenvalue weighted by molar-refractivity contribution is 6.31. The Morgan fingerprint density at radius 2 is 2.14 bits per heavy atom. The number of nitrogens with one attached hydrogen (secondary N) is 1. The zero-order chi connectivity index (χ0) is 15.4. The van der Waals surface area contributed by atoms with Crippen LogP contribution in [0.1, 0.15) is 0 Å². The monoisotopic (exact) mass is 320 g/mol. The van der Waals surface area contributed by atoms with Crippen LogP contribution < -0.4 is 10.2 Å². The second kappa shape index (κ2) is 6.81. The molecule has 2 amide bonds. The summed E-state index contributed by atoms with van der Waals surface area (Å²) in [5.74, 6) is 0. The minimum Gasteiger partial charge on any atom is -0.378 e. The lowest BCUT2D eigenvalue weighted by molar-refractivity contribution is 0.123. The van der Waals surface area contributed by atoms with E-state index in [1.165, 1.54) is 4.90 Å². The predicted octanol–water partition coefficient (Wildman–Crippen LogP) is 2.57. The number of rotatable bonds is 2. The highest BCUT2D eigenvalue weighted by Gasteiger charge is 2.18. The third kappa shape index (κ3) is 3.40. The zero-order valence-electron chi connectivity index (χ0n) is 12.0. The van der Waals surface area contributed by atoms with Gasteiger partial charge in [-0.2, -0.15) is 0 Å². The molecule has 2 aliphatic rings. The molecular formula is C15H17ClN4O2. The van der Waals surface area contributed by atoms with Gasteiger partial charge in [-0.05, 0) is 24.3 Å². The summed E-state index contributed by atoms with van der Waals surface area (Å²) < 4.78 is 5.37. The second-order valence-corrected chi connectivity index (χ2v) is 5.41. The van der Waals surface area contributed by atoms with Gasteiger partial charge in [0.25, 0.3) is 0 Å². The normalized spacial score (nSPS) is 17.7. The van der Waals surface area contributed by atoms with E-state index in [4.69, 9.17) is 16.3 Å². The molecule has 0 atom stereocenters. The van der Waals surface area contributed by atoms with Crippen molar-refractivity contribution >= 4 is 35.2 Å². The van der Waals surface area contributed by atoms with Crippen molar-refractivity contribution in [2.75, 3.05) is 43.2 Å². The molecule has 0 aromatic heterocycles. The van der Waals surface area contributed by atoms with Crippen molar-refractivity contribution in [1.82, 2.24) is 4.90 Å². The summed E-state index contributed by atoms with van der Waals surface area (Å²) in [7, 11) is 0. The second-order valence-electron chi connectivity index (χ2n) is 4.98. The first-order chi connectivity index (χ1) is 10.7. The Kier molecular flexibility index (Phi) is 4.60. The Labute approximate surface area is 134 Å². The molecule has 6 nitrogen and oxygen atoms in total. The Bertz CT molecular complexity index is 612. The fourth-order valence-electron chi connectivity index (χ4n) is 2.39. The minimum absolute atomic E-state index is 0.232. The molecule has 1 aromatic carbocycles. The van der Waals surface area contributed by atoms with Crippen molar-refractivity contribution in [1.29, 1.82) is 0 Å². The number of ether oxygens (including phenoxy) is 1.